The summed E-state index contributed by atoms with van der Waals surface area (Å²) in [5.41, 5.74) is 0.979. The molecule has 0 amide bonds. The van der Waals surface area contributed by atoms with Gasteiger partial charge in [0.15, 0.2) is 0 Å². The predicted octanol–water partition coefficient (Wildman–Crippen LogP) is 1.52. The van der Waals surface area contributed by atoms with Gasteiger partial charge in [0.05, 0.1) is 18.0 Å². The third-order valence-corrected chi connectivity index (χ3v) is 3.10. The van der Waals surface area contributed by atoms with Crippen molar-refractivity contribution in [2.75, 3.05) is 20.6 Å². The van der Waals surface area contributed by atoms with Crippen molar-refractivity contribution in [3.05, 3.63) is 35.2 Å². The number of furan rings is 1. The summed E-state index contributed by atoms with van der Waals surface area (Å²) in [4.78, 5) is 2.13. The van der Waals surface area contributed by atoms with Crippen LogP contribution in [0.2, 0.25) is 0 Å². The molecule has 0 fully saturated rings. The van der Waals surface area contributed by atoms with E-state index >= 15 is 0 Å². The molecule has 17 heavy (non-hydrogen) atoms. The molecule has 0 bridgehead atoms. The van der Waals surface area contributed by atoms with Gasteiger partial charge in [0.25, 0.3) is 0 Å². The van der Waals surface area contributed by atoms with Crippen molar-refractivity contribution in [3.63, 3.8) is 0 Å². The molecule has 1 atom stereocenters. The van der Waals surface area contributed by atoms with Gasteiger partial charge >= 0.3 is 0 Å². The van der Waals surface area contributed by atoms with E-state index < -0.39 is 0 Å². The Kier molecular flexibility index (Phi) is 4.24. The molecule has 2 aromatic rings. The quantitative estimate of drug-likeness (QED) is 0.845. The molecule has 6 heteroatoms. The zero-order valence-electron chi connectivity index (χ0n) is 9.96. The standard InChI is InChI=1S/C11H16N4OS/c1-15(2)10(11-4-3-5-16-11)7-12-6-9-8-17-14-13-9/h3-5,8,10,12H,6-7H2,1-2H3. The number of rotatable bonds is 6. The molecule has 0 aliphatic carbocycles. The predicted molar refractivity (Wildman–Crippen MR) is 66.8 cm³/mol. The Morgan fingerprint density at radius 2 is 2.41 bits per heavy atom. The summed E-state index contributed by atoms with van der Waals surface area (Å²) in [5.74, 6) is 0.971. The van der Waals surface area contributed by atoms with Crippen LogP contribution >= 0.6 is 11.5 Å². The maximum atomic E-state index is 5.44. The van der Waals surface area contributed by atoms with Gasteiger partial charge in [0, 0.05) is 18.5 Å². The van der Waals surface area contributed by atoms with Gasteiger partial charge in [0.2, 0.25) is 0 Å². The number of aromatic nitrogens is 2. The maximum Gasteiger partial charge on any atom is 0.122 e. The molecule has 1 N–H and O–H groups in total. The van der Waals surface area contributed by atoms with Gasteiger partial charge in [-0.05, 0) is 37.8 Å². The molecule has 0 saturated carbocycles. The topological polar surface area (TPSA) is 54.2 Å². The van der Waals surface area contributed by atoms with Crippen LogP contribution in [0.3, 0.4) is 0 Å². The maximum absolute atomic E-state index is 5.44. The number of hydrogen-bond acceptors (Lipinski definition) is 6. The lowest BCUT2D eigenvalue weighted by Gasteiger charge is -2.22. The van der Waals surface area contributed by atoms with Crippen LogP contribution in [0.1, 0.15) is 17.5 Å². The Bertz CT molecular complexity index is 413. The average molecular weight is 252 g/mol. The lowest BCUT2D eigenvalue weighted by molar-refractivity contribution is 0.250. The van der Waals surface area contributed by atoms with Gasteiger partial charge in [-0.2, -0.15) is 0 Å². The minimum atomic E-state index is 0.233. The van der Waals surface area contributed by atoms with Crippen LogP contribution < -0.4 is 5.32 Å². The van der Waals surface area contributed by atoms with E-state index in [-0.39, 0.29) is 6.04 Å². The Labute approximate surface area is 105 Å². The van der Waals surface area contributed by atoms with Crippen LogP contribution in [-0.4, -0.2) is 35.1 Å². The van der Waals surface area contributed by atoms with E-state index in [2.05, 4.69) is 19.8 Å². The fraction of sp³-hybridized carbons (Fsp3) is 0.455. The average Bonchev–Trinajstić information content (AvgIpc) is 2.96. The lowest BCUT2D eigenvalue weighted by atomic mass is 10.2. The normalized spacial score (nSPS) is 13.1. The molecule has 2 heterocycles. The number of hydrogen-bond donors (Lipinski definition) is 1. The summed E-state index contributed by atoms with van der Waals surface area (Å²) >= 11 is 1.37. The Morgan fingerprint density at radius 3 is 3.00 bits per heavy atom. The van der Waals surface area contributed by atoms with E-state index in [1.807, 2.05) is 31.6 Å². The highest BCUT2D eigenvalue weighted by Gasteiger charge is 2.16. The van der Waals surface area contributed by atoms with Gasteiger partial charge < -0.3 is 9.73 Å². The van der Waals surface area contributed by atoms with Crippen LogP contribution in [0.5, 0.6) is 0 Å². The molecule has 2 rings (SSSR count). The van der Waals surface area contributed by atoms with E-state index in [0.717, 1.165) is 24.5 Å². The highest BCUT2D eigenvalue weighted by atomic mass is 32.1. The van der Waals surface area contributed by atoms with Crippen LogP contribution in [0.15, 0.2) is 28.2 Å². The zero-order valence-corrected chi connectivity index (χ0v) is 10.8. The fourth-order valence-electron chi connectivity index (χ4n) is 1.62. The molecule has 1 unspecified atom stereocenters. The summed E-state index contributed by atoms with van der Waals surface area (Å²) in [6.07, 6.45) is 1.70. The first kappa shape index (κ1) is 12.2. The van der Waals surface area contributed by atoms with Crippen LogP contribution in [0, 0.1) is 0 Å². The largest absolute Gasteiger partial charge is 0.468 e. The number of nitrogens with one attached hydrogen (secondary N) is 1. The second kappa shape index (κ2) is 5.90. The molecular formula is C11H16N4OS. The van der Waals surface area contributed by atoms with Gasteiger partial charge in [-0.25, -0.2) is 0 Å². The summed E-state index contributed by atoms with van der Waals surface area (Å²) in [6.45, 7) is 1.56. The van der Waals surface area contributed by atoms with E-state index in [1.165, 1.54) is 11.5 Å². The lowest BCUT2D eigenvalue weighted by Crippen LogP contribution is -2.30. The molecule has 2 aromatic heterocycles. The second-order valence-electron chi connectivity index (χ2n) is 4.02. The fourth-order valence-corrected chi connectivity index (χ4v) is 2.07. The highest BCUT2D eigenvalue weighted by Crippen LogP contribution is 2.17. The SMILES string of the molecule is CN(C)C(CNCc1csnn1)c1ccco1. The first-order chi connectivity index (χ1) is 8.27. The van der Waals surface area contributed by atoms with E-state index in [0.29, 0.717) is 0 Å². The van der Waals surface area contributed by atoms with Gasteiger partial charge in [-0.3, -0.25) is 4.90 Å². The minimum absolute atomic E-state index is 0.233. The van der Waals surface area contributed by atoms with Gasteiger partial charge in [-0.1, -0.05) is 4.49 Å². The van der Waals surface area contributed by atoms with Crippen molar-refractivity contribution in [2.24, 2.45) is 0 Å². The number of nitrogens with zero attached hydrogens (tertiary/aromatic N) is 3. The zero-order chi connectivity index (χ0) is 12.1. The summed E-state index contributed by atoms with van der Waals surface area (Å²) in [7, 11) is 4.08. The van der Waals surface area contributed by atoms with Crippen LogP contribution in [0.4, 0.5) is 0 Å². The Hall–Kier alpha value is -1.24. The van der Waals surface area contributed by atoms with E-state index in [1.54, 1.807) is 6.26 Å². The Morgan fingerprint density at radius 1 is 1.53 bits per heavy atom. The number of likely N-dealkylation sites (N-methyl/N-ethyl adjacent to an activating group) is 1. The minimum Gasteiger partial charge on any atom is -0.468 e. The van der Waals surface area contributed by atoms with Gasteiger partial charge in [0.1, 0.15) is 5.76 Å². The second-order valence-corrected chi connectivity index (χ2v) is 4.63. The highest BCUT2D eigenvalue weighted by molar-refractivity contribution is 7.03. The van der Waals surface area contributed by atoms with Crippen molar-refractivity contribution in [1.29, 1.82) is 0 Å². The van der Waals surface area contributed by atoms with Crippen LogP contribution in [0.25, 0.3) is 0 Å². The molecule has 0 spiro atoms. The molecular weight excluding hydrogens is 236 g/mol. The third-order valence-electron chi connectivity index (χ3n) is 2.54. The first-order valence-corrected chi connectivity index (χ1v) is 6.27. The van der Waals surface area contributed by atoms with Crippen molar-refractivity contribution in [2.45, 2.75) is 12.6 Å². The summed E-state index contributed by atoms with van der Waals surface area (Å²) < 4.78 is 9.26. The molecule has 0 aliphatic rings. The molecule has 0 aliphatic heterocycles. The molecule has 0 saturated heterocycles. The van der Waals surface area contributed by atoms with Gasteiger partial charge in [-0.15, -0.1) is 5.10 Å². The molecule has 0 radical (unpaired) electrons. The van der Waals surface area contributed by atoms with Crippen molar-refractivity contribution in [3.8, 4) is 0 Å². The molecule has 92 valence electrons. The van der Waals surface area contributed by atoms with E-state index in [9.17, 15) is 0 Å². The summed E-state index contributed by atoms with van der Waals surface area (Å²) in [5, 5.41) is 9.30. The summed E-state index contributed by atoms with van der Waals surface area (Å²) in [6, 6.07) is 4.14. The molecule has 5 nitrogen and oxygen atoms in total. The third kappa shape index (κ3) is 3.36. The first-order valence-electron chi connectivity index (χ1n) is 5.44. The van der Waals surface area contributed by atoms with Crippen LogP contribution in [-0.2, 0) is 6.54 Å². The van der Waals surface area contributed by atoms with E-state index in [4.69, 9.17) is 4.42 Å². The molecule has 0 aromatic carbocycles. The Balaban J connectivity index is 1.86. The van der Waals surface area contributed by atoms with Crippen molar-refractivity contribution < 1.29 is 4.42 Å². The van der Waals surface area contributed by atoms with Crippen molar-refractivity contribution >= 4 is 11.5 Å². The van der Waals surface area contributed by atoms with Crippen molar-refractivity contribution in [1.82, 2.24) is 19.8 Å². The smallest absolute Gasteiger partial charge is 0.122 e. The monoisotopic (exact) mass is 252 g/mol.